The minimum Gasteiger partial charge on any atom is -0.326 e. The van der Waals surface area contributed by atoms with E-state index in [4.69, 9.17) is 0 Å². The molecule has 21 heavy (non-hydrogen) atoms. The van der Waals surface area contributed by atoms with Gasteiger partial charge in [0.05, 0.1) is 6.54 Å². The third kappa shape index (κ3) is 2.18. The Bertz CT molecular complexity index is 733. The standard InChI is InChI=1S/C15H15FN4O/c1-9-18-14-13(15(21)19(9)3)17-10(2)20(14)8-11-4-6-12(16)7-5-11/h4-7,18H,1,8H2,2-3H3. The fourth-order valence-corrected chi connectivity index (χ4v) is 2.31. The SMILES string of the molecule is C=C1Nc2c(nc(C)n2Cc2ccc(F)cc2)C(=O)N1C. The van der Waals surface area contributed by atoms with Crippen molar-refractivity contribution in [2.45, 2.75) is 13.5 Å². The van der Waals surface area contributed by atoms with Gasteiger partial charge in [-0.2, -0.15) is 0 Å². The maximum atomic E-state index is 13.0. The van der Waals surface area contributed by atoms with Crippen LogP contribution in [0, 0.1) is 12.7 Å². The zero-order chi connectivity index (χ0) is 15.1. The maximum absolute atomic E-state index is 13.0. The van der Waals surface area contributed by atoms with Gasteiger partial charge in [0, 0.05) is 7.05 Å². The van der Waals surface area contributed by atoms with E-state index in [0.717, 1.165) is 5.56 Å². The fraction of sp³-hybridized carbons (Fsp3) is 0.200. The normalized spacial score (nSPS) is 14.1. The molecule has 3 rings (SSSR count). The number of carbonyl (C=O) groups is 1. The van der Waals surface area contributed by atoms with Crippen LogP contribution < -0.4 is 5.32 Å². The summed E-state index contributed by atoms with van der Waals surface area (Å²) in [4.78, 5) is 17.9. The Balaban J connectivity index is 2.01. The summed E-state index contributed by atoms with van der Waals surface area (Å²) in [5, 5.41) is 3.10. The molecule has 1 N–H and O–H groups in total. The number of fused-ring (bicyclic) bond motifs is 1. The number of imidazole rings is 1. The monoisotopic (exact) mass is 286 g/mol. The van der Waals surface area contributed by atoms with Gasteiger partial charge in [0.1, 0.15) is 23.3 Å². The lowest BCUT2D eigenvalue weighted by Crippen LogP contribution is -2.35. The van der Waals surface area contributed by atoms with Crippen molar-refractivity contribution in [2.75, 3.05) is 12.4 Å². The summed E-state index contributed by atoms with van der Waals surface area (Å²) >= 11 is 0. The average Bonchev–Trinajstić information content (AvgIpc) is 2.76. The topological polar surface area (TPSA) is 50.2 Å². The summed E-state index contributed by atoms with van der Waals surface area (Å²) in [6.07, 6.45) is 0. The molecule has 2 heterocycles. The first kappa shape index (κ1) is 13.4. The van der Waals surface area contributed by atoms with Gasteiger partial charge < -0.3 is 9.88 Å². The Morgan fingerprint density at radius 1 is 1.33 bits per heavy atom. The number of hydrogen-bond acceptors (Lipinski definition) is 3. The largest absolute Gasteiger partial charge is 0.326 e. The molecule has 1 aromatic heterocycles. The van der Waals surface area contributed by atoms with Crippen molar-refractivity contribution in [2.24, 2.45) is 0 Å². The van der Waals surface area contributed by atoms with Crippen LogP contribution in [0.2, 0.25) is 0 Å². The van der Waals surface area contributed by atoms with Gasteiger partial charge in [-0.1, -0.05) is 18.7 Å². The summed E-state index contributed by atoms with van der Waals surface area (Å²) in [6, 6.07) is 6.26. The minimum absolute atomic E-state index is 0.185. The zero-order valence-electron chi connectivity index (χ0n) is 11.9. The molecule has 0 saturated heterocycles. The van der Waals surface area contributed by atoms with Crippen molar-refractivity contribution in [3.8, 4) is 0 Å². The van der Waals surface area contributed by atoms with E-state index in [0.29, 0.717) is 29.7 Å². The highest BCUT2D eigenvalue weighted by atomic mass is 19.1. The number of aromatic nitrogens is 2. The summed E-state index contributed by atoms with van der Waals surface area (Å²) in [7, 11) is 1.65. The predicted molar refractivity (Wildman–Crippen MR) is 77.3 cm³/mol. The molecule has 1 aliphatic rings. The highest BCUT2D eigenvalue weighted by Gasteiger charge is 2.30. The summed E-state index contributed by atoms with van der Waals surface area (Å²) in [5.41, 5.74) is 1.31. The number of carbonyl (C=O) groups excluding carboxylic acids is 1. The molecule has 6 heteroatoms. The molecule has 0 unspecified atom stereocenters. The Labute approximate surface area is 121 Å². The molecule has 1 aromatic carbocycles. The van der Waals surface area contributed by atoms with Crippen LogP contribution >= 0.6 is 0 Å². The number of nitrogens with zero attached hydrogens (tertiary/aromatic N) is 3. The number of amides is 1. The molecule has 2 aromatic rings. The van der Waals surface area contributed by atoms with Crippen LogP contribution in [0.4, 0.5) is 10.2 Å². The van der Waals surface area contributed by atoms with Crippen molar-refractivity contribution in [3.05, 3.63) is 59.6 Å². The molecular weight excluding hydrogens is 271 g/mol. The molecule has 108 valence electrons. The van der Waals surface area contributed by atoms with E-state index in [2.05, 4.69) is 16.9 Å². The van der Waals surface area contributed by atoms with Gasteiger partial charge in [-0.25, -0.2) is 9.37 Å². The van der Waals surface area contributed by atoms with E-state index >= 15 is 0 Å². The van der Waals surface area contributed by atoms with E-state index < -0.39 is 0 Å². The highest BCUT2D eigenvalue weighted by molar-refractivity contribution is 6.00. The molecule has 5 nitrogen and oxygen atoms in total. The number of hydrogen-bond donors (Lipinski definition) is 1. The summed E-state index contributed by atoms with van der Waals surface area (Å²) in [5.74, 6) is 1.40. The van der Waals surface area contributed by atoms with E-state index in [-0.39, 0.29) is 11.7 Å². The van der Waals surface area contributed by atoms with Crippen LogP contribution in [-0.4, -0.2) is 27.4 Å². The first-order valence-electron chi connectivity index (χ1n) is 6.53. The molecule has 0 radical (unpaired) electrons. The second-order valence-corrected chi connectivity index (χ2v) is 5.00. The molecular formula is C15H15FN4O. The second-order valence-electron chi connectivity index (χ2n) is 5.00. The van der Waals surface area contributed by atoms with E-state index in [9.17, 15) is 9.18 Å². The van der Waals surface area contributed by atoms with Gasteiger partial charge in [0.25, 0.3) is 5.91 Å². The van der Waals surface area contributed by atoms with E-state index in [1.54, 1.807) is 19.2 Å². The number of halogens is 1. The van der Waals surface area contributed by atoms with Gasteiger partial charge in [0.2, 0.25) is 0 Å². The molecule has 0 fully saturated rings. The van der Waals surface area contributed by atoms with Crippen LogP contribution in [0.5, 0.6) is 0 Å². The molecule has 0 aliphatic carbocycles. The molecule has 1 amide bonds. The zero-order valence-corrected chi connectivity index (χ0v) is 11.9. The summed E-state index contributed by atoms with van der Waals surface area (Å²) in [6.45, 7) is 6.16. The Hall–Kier alpha value is -2.63. The number of aryl methyl sites for hydroxylation is 1. The van der Waals surface area contributed by atoms with Gasteiger partial charge in [0.15, 0.2) is 5.69 Å². The Morgan fingerprint density at radius 3 is 2.67 bits per heavy atom. The van der Waals surface area contributed by atoms with Crippen molar-refractivity contribution in [1.82, 2.24) is 14.5 Å². The third-order valence-corrected chi connectivity index (χ3v) is 3.59. The third-order valence-electron chi connectivity index (χ3n) is 3.59. The number of nitrogens with one attached hydrogen (secondary N) is 1. The van der Waals surface area contributed by atoms with E-state index in [1.165, 1.54) is 17.0 Å². The first-order chi connectivity index (χ1) is 9.97. The molecule has 0 saturated carbocycles. The minimum atomic E-state index is -0.272. The molecule has 0 bridgehead atoms. The quantitative estimate of drug-likeness (QED) is 0.922. The lowest BCUT2D eigenvalue weighted by atomic mass is 10.2. The van der Waals surface area contributed by atoms with Crippen LogP contribution in [0.1, 0.15) is 21.9 Å². The number of benzene rings is 1. The van der Waals surface area contributed by atoms with Crippen LogP contribution in [0.25, 0.3) is 0 Å². The van der Waals surface area contributed by atoms with Gasteiger partial charge in [-0.15, -0.1) is 0 Å². The fourth-order valence-electron chi connectivity index (χ4n) is 2.31. The maximum Gasteiger partial charge on any atom is 0.281 e. The van der Waals surface area contributed by atoms with Crippen LogP contribution in [0.3, 0.4) is 0 Å². The number of anilines is 1. The predicted octanol–water partition coefficient (Wildman–Crippen LogP) is 2.35. The van der Waals surface area contributed by atoms with Crippen LogP contribution in [-0.2, 0) is 6.54 Å². The second kappa shape index (κ2) is 4.73. The first-order valence-corrected chi connectivity index (χ1v) is 6.53. The smallest absolute Gasteiger partial charge is 0.281 e. The van der Waals surface area contributed by atoms with Crippen LogP contribution in [0.15, 0.2) is 36.7 Å². The molecule has 1 aliphatic heterocycles. The lowest BCUT2D eigenvalue weighted by Gasteiger charge is -2.26. The van der Waals surface area contributed by atoms with Crippen molar-refractivity contribution in [1.29, 1.82) is 0 Å². The molecule has 0 atom stereocenters. The average molecular weight is 286 g/mol. The Kier molecular flexibility index (Phi) is 3.01. The van der Waals surface area contributed by atoms with Gasteiger partial charge >= 0.3 is 0 Å². The van der Waals surface area contributed by atoms with Gasteiger partial charge in [-0.05, 0) is 24.6 Å². The highest BCUT2D eigenvalue weighted by Crippen LogP contribution is 2.27. The van der Waals surface area contributed by atoms with Crippen molar-refractivity contribution >= 4 is 11.7 Å². The lowest BCUT2D eigenvalue weighted by molar-refractivity contribution is 0.0827. The molecule has 0 spiro atoms. The Morgan fingerprint density at radius 2 is 2.00 bits per heavy atom. The van der Waals surface area contributed by atoms with E-state index in [1.807, 2.05) is 11.5 Å². The van der Waals surface area contributed by atoms with Crippen molar-refractivity contribution in [3.63, 3.8) is 0 Å². The summed E-state index contributed by atoms with van der Waals surface area (Å²) < 4.78 is 14.9. The van der Waals surface area contributed by atoms with Gasteiger partial charge in [-0.3, -0.25) is 9.69 Å². The van der Waals surface area contributed by atoms with Crippen molar-refractivity contribution < 1.29 is 9.18 Å². The number of rotatable bonds is 2.